The van der Waals surface area contributed by atoms with Gasteiger partial charge in [0.1, 0.15) is 5.82 Å². The molecule has 0 amide bonds. The van der Waals surface area contributed by atoms with Crippen LogP contribution >= 0.6 is 11.8 Å². The van der Waals surface area contributed by atoms with Gasteiger partial charge in [0.2, 0.25) is 0 Å². The minimum absolute atomic E-state index is 0.302. The van der Waals surface area contributed by atoms with E-state index in [1.807, 2.05) is 6.26 Å². The lowest BCUT2D eigenvalue weighted by molar-refractivity contribution is 0.629. The van der Waals surface area contributed by atoms with Crippen molar-refractivity contribution in [3.63, 3.8) is 0 Å². The van der Waals surface area contributed by atoms with Gasteiger partial charge in [0.25, 0.3) is 0 Å². The van der Waals surface area contributed by atoms with E-state index in [1.54, 1.807) is 17.8 Å². The Hall–Kier alpha value is -0.900. The highest BCUT2D eigenvalue weighted by atomic mass is 32.2. The predicted molar refractivity (Wildman–Crippen MR) is 62.3 cm³/mol. The topological polar surface area (TPSA) is 38.0 Å². The van der Waals surface area contributed by atoms with Gasteiger partial charge >= 0.3 is 0 Å². The van der Waals surface area contributed by atoms with E-state index in [1.165, 1.54) is 12.1 Å². The monoisotopic (exact) mass is 214 g/mol. The zero-order valence-electron chi connectivity index (χ0n) is 8.38. The molecule has 0 aliphatic rings. The number of nitrogens with two attached hydrogens (primary N) is 1. The summed E-state index contributed by atoms with van der Waals surface area (Å²) in [6.45, 7) is 2.92. The van der Waals surface area contributed by atoms with Gasteiger partial charge in [-0.05, 0) is 24.5 Å². The second kappa shape index (κ2) is 5.10. The van der Waals surface area contributed by atoms with E-state index in [-0.39, 0.29) is 5.82 Å². The molecule has 0 spiro atoms. The molecule has 0 saturated heterocycles. The summed E-state index contributed by atoms with van der Waals surface area (Å²) in [7, 11) is 0. The molecule has 1 atom stereocenters. The Kier molecular flexibility index (Phi) is 4.07. The average molecular weight is 214 g/mol. The Morgan fingerprint density at radius 1 is 1.50 bits per heavy atom. The molecule has 0 aromatic heterocycles. The molecule has 4 heteroatoms. The van der Waals surface area contributed by atoms with E-state index < -0.39 is 0 Å². The van der Waals surface area contributed by atoms with Crippen LogP contribution in [0.25, 0.3) is 0 Å². The first-order chi connectivity index (χ1) is 6.61. The first-order valence-corrected chi connectivity index (χ1v) is 5.73. The van der Waals surface area contributed by atoms with Crippen molar-refractivity contribution in [3.8, 4) is 0 Å². The SMILES string of the molecule is CSC(C)CNc1cc(N)cc(F)c1. The number of rotatable bonds is 4. The van der Waals surface area contributed by atoms with Crippen molar-refractivity contribution in [2.75, 3.05) is 23.9 Å². The third-order valence-electron chi connectivity index (χ3n) is 1.92. The van der Waals surface area contributed by atoms with Gasteiger partial charge in [0.15, 0.2) is 0 Å². The molecule has 0 radical (unpaired) electrons. The Bertz CT molecular complexity index is 284. The molecule has 0 aliphatic carbocycles. The fourth-order valence-corrected chi connectivity index (χ4v) is 1.31. The van der Waals surface area contributed by atoms with Crippen LogP contribution in [0.1, 0.15) is 6.92 Å². The summed E-state index contributed by atoms with van der Waals surface area (Å²) in [6, 6.07) is 4.49. The Morgan fingerprint density at radius 2 is 2.21 bits per heavy atom. The van der Waals surface area contributed by atoms with E-state index >= 15 is 0 Å². The lowest BCUT2D eigenvalue weighted by Crippen LogP contribution is -2.12. The summed E-state index contributed by atoms with van der Waals surface area (Å²) in [6.07, 6.45) is 2.05. The highest BCUT2D eigenvalue weighted by Gasteiger charge is 2.01. The van der Waals surface area contributed by atoms with Crippen LogP contribution in [0, 0.1) is 5.82 Å². The van der Waals surface area contributed by atoms with Crippen molar-refractivity contribution < 1.29 is 4.39 Å². The smallest absolute Gasteiger partial charge is 0.127 e. The quantitative estimate of drug-likeness (QED) is 0.756. The number of nitrogen functional groups attached to an aromatic ring is 1. The molecular formula is C10H15FN2S. The van der Waals surface area contributed by atoms with E-state index in [0.717, 1.165) is 12.2 Å². The van der Waals surface area contributed by atoms with Crippen LogP contribution in [0.15, 0.2) is 18.2 Å². The van der Waals surface area contributed by atoms with Crippen LogP contribution in [0.4, 0.5) is 15.8 Å². The number of thioether (sulfide) groups is 1. The van der Waals surface area contributed by atoms with Crippen LogP contribution in [0.2, 0.25) is 0 Å². The van der Waals surface area contributed by atoms with Crippen LogP contribution < -0.4 is 11.1 Å². The molecule has 3 N–H and O–H groups in total. The fourth-order valence-electron chi connectivity index (χ4n) is 1.06. The summed E-state index contributed by atoms with van der Waals surface area (Å²) in [5.41, 5.74) is 6.70. The largest absolute Gasteiger partial charge is 0.399 e. The van der Waals surface area contributed by atoms with Gasteiger partial charge < -0.3 is 11.1 Å². The van der Waals surface area contributed by atoms with Gasteiger partial charge in [0.05, 0.1) is 0 Å². The number of hydrogen-bond donors (Lipinski definition) is 2. The predicted octanol–water partition coefficient (Wildman–Crippen LogP) is 2.57. The Labute approximate surface area is 88.1 Å². The second-order valence-corrected chi connectivity index (χ2v) is 4.48. The maximum atomic E-state index is 12.9. The minimum atomic E-state index is -0.302. The first kappa shape index (κ1) is 11.2. The normalized spacial score (nSPS) is 12.5. The average Bonchev–Trinajstić information content (AvgIpc) is 2.12. The van der Waals surface area contributed by atoms with E-state index in [4.69, 9.17) is 5.73 Å². The number of halogens is 1. The lowest BCUT2D eigenvalue weighted by atomic mass is 10.2. The molecule has 0 fully saturated rings. The third kappa shape index (κ3) is 3.46. The Morgan fingerprint density at radius 3 is 2.79 bits per heavy atom. The minimum Gasteiger partial charge on any atom is -0.399 e. The van der Waals surface area contributed by atoms with Gasteiger partial charge in [-0.2, -0.15) is 11.8 Å². The molecule has 1 aromatic rings. The fraction of sp³-hybridized carbons (Fsp3) is 0.400. The summed E-state index contributed by atoms with van der Waals surface area (Å²) >= 11 is 1.76. The van der Waals surface area contributed by atoms with E-state index in [0.29, 0.717) is 10.9 Å². The first-order valence-electron chi connectivity index (χ1n) is 4.44. The zero-order valence-corrected chi connectivity index (χ0v) is 9.20. The molecule has 2 nitrogen and oxygen atoms in total. The maximum absolute atomic E-state index is 12.9. The van der Waals surface area contributed by atoms with Gasteiger partial charge in [0, 0.05) is 23.2 Å². The molecule has 0 heterocycles. The zero-order chi connectivity index (χ0) is 10.6. The van der Waals surface area contributed by atoms with Gasteiger partial charge in [-0.25, -0.2) is 4.39 Å². The van der Waals surface area contributed by atoms with Gasteiger partial charge in [-0.3, -0.25) is 0 Å². The number of anilines is 2. The third-order valence-corrected chi connectivity index (χ3v) is 2.89. The van der Waals surface area contributed by atoms with Crippen molar-refractivity contribution >= 4 is 23.1 Å². The summed E-state index contributed by atoms with van der Waals surface area (Å²) in [5.74, 6) is -0.302. The van der Waals surface area contributed by atoms with Gasteiger partial charge in [-0.15, -0.1) is 0 Å². The molecule has 1 aromatic carbocycles. The van der Waals surface area contributed by atoms with Crippen molar-refractivity contribution in [3.05, 3.63) is 24.0 Å². The van der Waals surface area contributed by atoms with Crippen LogP contribution in [0.5, 0.6) is 0 Å². The molecule has 0 bridgehead atoms. The van der Waals surface area contributed by atoms with Crippen LogP contribution in [-0.4, -0.2) is 18.1 Å². The summed E-state index contributed by atoms with van der Waals surface area (Å²) < 4.78 is 12.9. The Balaban J connectivity index is 2.58. The summed E-state index contributed by atoms with van der Waals surface area (Å²) in [5, 5.41) is 3.64. The molecule has 14 heavy (non-hydrogen) atoms. The van der Waals surface area contributed by atoms with Crippen molar-refractivity contribution in [2.24, 2.45) is 0 Å². The standard InChI is InChI=1S/C10H15FN2S/c1-7(14-2)6-13-10-4-8(11)3-9(12)5-10/h3-5,7,13H,6,12H2,1-2H3. The van der Waals surface area contributed by atoms with Crippen LogP contribution in [-0.2, 0) is 0 Å². The van der Waals surface area contributed by atoms with E-state index in [9.17, 15) is 4.39 Å². The molecule has 0 aliphatic heterocycles. The molecule has 78 valence electrons. The van der Waals surface area contributed by atoms with Crippen molar-refractivity contribution in [2.45, 2.75) is 12.2 Å². The van der Waals surface area contributed by atoms with Gasteiger partial charge in [-0.1, -0.05) is 6.92 Å². The molecule has 1 rings (SSSR count). The summed E-state index contributed by atoms with van der Waals surface area (Å²) in [4.78, 5) is 0. The number of benzene rings is 1. The van der Waals surface area contributed by atoms with Crippen molar-refractivity contribution in [1.29, 1.82) is 0 Å². The second-order valence-electron chi connectivity index (χ2n) is 3.20. The van der Waals surface area contributed by atoms with Crippen molar-refractivity contribution in [1.82, 2.24) is 0 Å². The maximum Gasteiger partial charge on any atom is 0.127 e. The van der Waals surface area contributed by atoms with E-state index in [2.05, 4.69) is 12.2 Å². The highest BCUT2D eigenvalue weighted by Crippen LogP contribution is 2.16. The number of hydrogen-bond acceptors (Lipinski definition) is 3. The number of nitrogens with one attached hydrogen (secondary N) is 1. The molecule has 1 unspecified atom stereocenters. The molecule has 0 saturated carbocycles. The molecular weight excluding hydrogens is 199 g/mol. The van der Waals surface area contributed by atoms with Crippen LogP contribution in [0.3, 0.4) is 0 Å². The highest BCUT2D eigenvalue weighted by molar-refractivity contribution is 7.99. The lowest BCUT2D eigenvalue weighted by Gasteiger charge is -2.11.